The molecule has 2 unspecified atom stereocenters. The number of piperidine rings is 1. The molecule has 0 aromatic carbocycles. The molecule has 2 N–H and O–H groups in total. The Balaban J connectivity index is 2.18. The third-order valence-electron chi connectivity index (χ3n) is 3.46. The van der Waals surface area contributed by atoms with Gasteiger partial charge in [0.2, 0.25) is 0 Å². The summed E-state index contributed by atoms with van der Waals surface area (Å²) in [5.41, 5.74) is 7.31. The van der Waals surface area contributed by atoms with E-state index in [-0.39, 0.29) is 12.1 Å². The van der Waals surface area contributed by atoms with Crippen molar-refractivity contribution in [2.45, 2.75) is 31.8 Å². The Hall–Kier alpha value is -1.04. The molecule has 2 rings (SSSR count). The molecule has 0 amide bonds. The zero-order chi connectivity index (χ0) is 13.0. The maximum Gasteiger partial charge on any atom is 0.125 e. The van der Waals surface area contributed by atoms with Crippen molar-refractivity contribution >= 4 is 0 Å². The number of rotatable bonds is 4. The molecule has 0 aliphatic carbocycles. The summed E-state index contributed by atoms with van der Waals surface area (Å²) < 4.78 is 5.17. The SMILES string of the molecule is COCCN1CCCC(N)C1c1ccnc(C)n1. The first-order valence-electron chi connectivity index (χ1n) is 6.50. The highest BCUT2D eigenvalue weighted by molar-refractivity contribution is 5.11. The van der Waals surface area contributed by atoms with Crippen molar-refractivity contribution < 1.29 is 4.74 Å². The number of ether oxygens (including phenoxy) is 1. The number of nitrogens with two attached hydrogens (primary N) is 1. The van der Waals surface area contributed by atoms with Gasteiger partial charge >= 0.3 is 0 Å². The maximum atomic E-state index is 6.28. The third-order valence-corrected chi connectivity index (χ3v) is 3.46. The normalized spacial score (nSPS) is 25.3. The Kier molecular flexibility index (Phi) is 4.63. The van der Waals surface area contributed by atoms with Crippen LogP contribution < -0.4 is 5.73 Å². The van der Waals surface area contributed by atoms with Gasteiger partial charge in [0.05, 0.1) is 18.3 Å². The topological polar surface area (TPSA) is 64.3 Å². The van der Waals surface area contributed by atoms with Gasteiger partial charge in [-0.1, -0.05) is 0 Å². The standard InChI is InChI=1S/C13H22N4O/c1-10-15-6-5-12(16-10)13-11(14)4-3-7-17(13)8-9-18-2/h5-6,11,13H,3-4,7-9,14H2,1-2H3. The monoisotopic (exact) mass is 250 g/mol. The second-order valence-electron chi connectivity index (χ2n) is 4.81. The van der Waals surface area contributed by atoms with E-state index in [4.69, 9.17) is 10.5 Å². The molecule has 2 atom stereocenters. The Morgan fingerprint density at radius 3 is 3.11 bits per heavy atom. The zero-order valence-corrected chi connectivity index (χ0v) is 11.2. The van der Waals surface area contributed by atoms with Gasteiger partial charge < -0.3 is 10.5 Å². The van der Waals surface area contributed by atoms with E-state index in [1.54, 1.807) is 7.11 Å². The van der Waals surface area contributed by atoms with Crippen LogP contribution in [0, 0.1) is 6.92 Å². The van der Waals surface area contributed by atoms with Crippen LogP contribution in [0.15, 0.2) is 12.3 Å². The number of methoxy groups -OCH3 is 1. The lowest BCUT2D eigenvalue weighted by Gasteiger charge is -2.39. The van der Waals surface area contributed by atoms with Crippen LogP contribution >= 0.6 is 0 Å². The number of hydrogen-bond donors (Lipinski definition) is 1. The Morgan fingerprint density at radius 1 is 1.56 bits per heavy atom. The first kappa shape index (κ1) is 13.4. The fourth-order valence-corrected chi connectivity index (χ4v) is 2.60. The van der Waals surface area contributed by atoms with Crippen LogP contribution in [0.3, 0.4) is 0 Å². The van der Waals surface area contributed by atoms with Crippen LogP contribution in [0.4, 0.5) is 0 Å². The van der Waals surface area contributed by atoms with E-state index >= 15 is 0 Å². The molecule has 0 spiro atoms. The second kappa shape index (κ2) is 6.22. The van der Waals surface area contributed by atoms with Crippen molar-refractivity contribution in [1.82, 2.24) is 14.9 Å². The summed E-state index contributed by atoms with van der Waals surface area (Å²) in [6, 6.07) is 2.31. The molecule has 18 heavy (non-hydrogen) atoms. The quantitative estimate of drug-likeness (QED) is 0.860. The molecule has 0 radical (unpaired) electrons. The highest BCUT2D eigenvalue weighted by atomic mass is 16.5. The molecule has 5 heteroatoms. The molecule has 1 aliphatic rings. The van der Waals surface area contributed by atoms with E-state index in [1.165, 1.54) is 0 Å². The molecule has 1 saturated heterocycles. The van der Waals surface area contributed by atoms with Gasteiger partial charge in [-0.15, -0.1) is 0 Å². The molecule has 1 aromatic heterocycles. The number of aromatic nitrogens is 2. The zero-order valence-electron chi connectivity index (χ0n) is 11.2. The van der Waals surface area contributed by atoms with Crippen LogP contribution in [0.5, 0.6) is 0 Å². The van der Waals surface area contributed by atoms with Crippen molar-refractivity contribution in [1.29, 1.82) is 0 Å². The van der Waals surface area contributed by atoms with Crippen molar-refractivity contribution in [3.05, 3.63) is 23.8 Å². The summed E-state index contributed by atoms with van der Waals surface area (Å²) >= 11 is 0. The molecule has 0 bridgehead atoms. The molecule has 1 aliphatic heterocycles. The number of aryl methyl sites for hydroxylation is 1. The van der Waals surface area contributed by atoms with Gasteiger partial charge in [-0.05, 0) is 32.4 Å². The first-order chi connectivity index (χ1) is 8.72. The lowest BCUT2D eigenvalue weighted by Crippen LogP contribution is -2.47. The Morgan fingerprint density at radius 2 is 2.39 bits per heavy atom. The lowest BCUT2D eigenvalue weighted by atomic mass is 9.94. The third kappa shape index (κ3) is 3.04. The van der Waals surface area contributed by atoms with Gasteiger partial charge in [0.1, 0.15) is 5.82 Å². The van der Waals surface area contributed by atoms with Gasteiger partial charge in [0.15, 0.2) is 0 Å². The van der Waals surface area contributed by atoms with E-state index in [1.807, 2.05) is 19.2 Å². The fourth-order valence-electron chi connectivity index (χ4n) is 2.60. The summed E-state index contributed by atoms with van der Waals surface area (Å²) in [4.78, 5) is 11.1. The summed E-state index contributed by atoms with van der Waals surface area (Å²) in [6.07, 6.45) is 4.01. The molecule has 100 valence electrons. The molecule has 2 heterocycles. The minimum Gasteiger partial charge on any atom is -0.383 e. The Labute approximate surface area is 108 Å². The van der Waals surface area contributed by atoms with Gasteiger partial charge in [0.25, 0.3) is 0 Å². The van der Waals surface area contributed by atoms with E-state index in [0.29, 0.717) is 0 Å². The Bertz CT molecular complexity index is 385. The predicted octanol–water partition coefficient (Wildman–Crippen LogP) is 0.896. The molecule has 1 fully saturated rings. The van der Waals surface area contributed by atoms with E-state index in [0.717, 1.165) is 44.1 Å². The minimum absolute atomic E-state index is 0.143. The smallest absolute Gasteiger partial charge is 0.125 e. The molecule has 0 saturated carbocycles. The average Bonchev–Trinajstić information content (AvgIpc) is 2.36. The van der Waals surface area contributed by atoms with E-state index < -0.39 is 0 Å². The van der Waals surface area contributed by atoms with Crippen LogP contribution in [-0.4, -0.2) is 47.7 Å². The van der Waals surface area contributed by atoms with Crippen molar-refractivity contribution in [3.63, 3.8) is 0 Å². The van der Waals surface area contributed by atoms with Crippen LogP contribution in [-0.2, 0) is 4.74 Å². The van der Waals surface area contributed by atoms with Gasteiger partial charge in [-0.2, -0.15) is 0 Å². The van der Waals surface area contributed by atoms with Crippen molar-refractivity contribution in [2.24, 2.45) is 5.73 Å². The lowest BCUT2D eigenvalue weighted by molar-refractivity contribution is 0.0827. The van der Waals surface area contributed by atoms with Crippen molar-refractivity contribution in [2.75, 3.05) is 26.8 Å². The summed E-state index contributed by atoms with van der Waals surface area (Å²) in [5, 5.41) is 0. The van der Waals surface area contributed by atoms with Crippen LogP contribution in [0.2, 0.25) is 0 Å². The van der Waals surface area contributed by atoms with Crippen LogP contribution in [0.1, 0.15) is 30.4 Å². The molecular weight excluding hydrogens is 228 g/mol. The molecular formula is C13H22N4O. The highest BCUT2D eigenvalue weighted by Gasteiger charge is 2.31. The summed E-state index contributed by atoms with van der Waals surface area (Å²) in [5.74, 6) is 0.803. The summed E-state index contributed by atoms with van der Waals surface area (Å²) in [6.45, 7) is 4.60. The molecule has 1 aromatic rings. The number of nitrogens with zero attached hydrogens (tertiary/aromatic N) is 3. The summed E-state index contributed by atoms with van der Waals surface area (Å²) in [7, 11) is 1.73. The van der Waals surface area contributed by atoms with E-state index in [2.05, 4.69) is 14.9 Å². The average molecular weight is 250 g/mol. The van der Waals surface area contributed by atoms with Gasteiger partial charge in [-0.25, -0.2) is 9.97 Å². The van der Waals surface area contributed by atoms with Crippen molar-refractivity contribution in [3.8, 4) is 0 Å². The minimum atomic E-state index is 0.143. The largest absolute Gasteiger partial charge is 0.383 e. The second-order valence-corrected chi connectivity index (χ2v) is 4.81. The first-order valence-corrected chi connectivity index (χ1v) is 6.50. The predicted molar refractivity (Wildman–Crippen MR) is 70.2 cm³/mol. The highest BCUT2D eigenvalue weighted by Crippen LogP contribution is 2.28. The fraction of sp³-hybridized carbons (Fsp3) is 0.692. The maximum absolute atomic E-state index is 6.28. The van der Waals surface area contributed by atoms with E-state index in [9.17, 15) is 0 Å². The number of hydrogen-bond acceptors (Lipinski definition) is 5. The molecule has 5 nitrogen and oxygen atoms in total. The number of likely N-dealkylation sites (tertiary alicyclic amines) is 1. The van der Waals surface area contributed by atoms with Crippen LogP contribution in [0.25, 0.3) is 0 Å². The van der Waals surface area contributed by atoms with Gasteiger partial charge in [-0.3, -0.25) is 4.90 Å². The van der Waals surface area contributed by atoms with Gasteiger partial charge in [0, 0.05) is 25.9 Å².